The highest BCUT2D eigenvalue weighted by molar-refractivity contribution is 8.22. The normalized spacial score (nSPS) is 15.6. The van der Waals surface area contributed by atoms with Gasteiger partial charge in [-0.1, -0.05) is 91.8 Å². The van der Waals surface area contributed by atoms with E-state index in [9.17, 15) is 4.39 Å². The van der Waals surface area contributed by atoms with Gasteiger partial charge in [0, 0.05) is 11.8 Å². The van der Waals surface area contributed by atoms with Gasteiger partial charge in [0.15, 0.2) is 17.1 Å². The third-order valence-electron chi connectivity index (χ3n) is 4.63. The molecule has 0 aliphatic rings. The van der Waals surface area contributed by atoms with Crippen molar-refractivity contribution in [3.8, 4) is 0 Å². The molecular formula is C28H37FO3S2. The number of hydrogen-bond acceptors (Lipinski definition) is 5. The van der Waals surface area contributed by atoms with Crippen LogP contribution in [-0.4, -0.2) is 30.6 Å². The summed E-state index contributed by atoms with van der Waals surface area (Å²) in [6.45, 7) is 16.4. The van der Waals surface area contributed by atoms with E-state index in [1.165, 1.54) is 17.8 Å². The molecule has 0 bridgehead atoms. The highest BCUT2D eigenvalue weighted by atomic mass is 32.2. The predicted octanol–water partition coefficient (Wildman–Crippen LogP) is 8.34. The van der Waals surface area contributed by atoms with Gasteiger partial charge in [0.25, 0.3) is 0 Å². The fourth-order valence-electron chi connectivity index (χ4n) is 2.86. The maximum atomic E-state index is 12.4. The van der Waals surface area contributed by atoms with E-state index < -0.39 is 5.60 Å². The molecule has 0 aromatic carbocycles. The first kappa shape index (κ1) is 31.6. The van der Waals surface area contributed by atoms with E-state index in [0.29, 0.717) is 37.3 Å². The number of ether oxygens (including phenoxy) is 3. The quantitative estimate of drug-likeness (QED) is 0.0763. The maximum Gasteiger partial charge on any atom is 0.160 e. The minimum absolute atomic E-state index is 0.0995. The van der Waals surface area contributed by atoms with Crippen molar-refractivity contribution in [2.24, 2.45) is 5.92 Å². The highest BCUT2D eigenvalue weighted by Crippen LogP contribution is 2.29. The third kappa shape index (κ3) is 13.3. The number of hydrogen-bond donors (Lipinski definition) is 0. The van der Waals surface area contributed by atoms with E-state index >= 15 is 0 Å². The van der Waals surface area contributed by atoms with Crippen molar-refractivity contribution >= 4 is 28.7 Å². The van der Waals surface area contributed by atoms with Gasteiger partial charge in [-0.15, -0.1) is 6.58 Å². The Morgan fingerprint density at radius 2 is 1.94 bits per heavy atom. The number of thiocarbonyl (C=S) groups is 1. The Balaban J connectivity index is 5.72. The molecule has 6 heteroatoms. The smallest absolute Gasteiger partial charge is 0.160 e. The number of halogens is 1. The predicted molar refractivity (Wildman–Crippen MR) is 150 cm³/mol. The summed E-state index contributed by atoms with van der Waals surface area (Å²) >= 11 is 6.20. The minimum Gasteiger partial charge on any atom is -0.490 e. The monoisotopic (exact) mass is 504 g/mol. The molecule has 0 aliphatic heterocycles. The molecule has 0 aliphatic carbocycles. The van der Waals surface area contributed by atoms with Crippen molar-refractivity contribution in [2.45, 2.75) is 32.3 Å². The number of thioether (sulfide) groups is 1. The Bertz CT molecular complexity index is 822. The minimum atomic E-state index is -0.829. The van der Waals surface area contributed by atoms with Gasteiger partial charge in [-0.05, 0) is 49.7 Å². The molecule has 3 nitrogen and oxygen atoms in total. The Morgan fingerprint density at radius 1 is 1.18 bits per heavy atom. The zero-order valence-corrected chi connectivity index (χ0v) is 22.1. The Morgan fingerprint density at radius 3 is 2.53 bits per heavy atom. The molecular weight excluding hydrogens is 467 g/mol. The Labute approximate surface area is 214 Å². The van der Waals surface area contributed by atoms with E-state index in [1.807, 2.05) is 55.7 Å². The number of methoxy groups -OCH3 is 1. The van der Waals surface area contributed by atoms with Crippen molar-refractivity contribution in [1.29, 1.82) is 0 Å². The van der Waals surface area contributed by atoms with Gasteiger partial charge < -0.3 is 14.2 Å². The van der Waals surface area contributed by atoms with Crippen LogP contribution in [0.25, 0.3) is 0 Å². The summed E-state index contributed by atoms with van der Waals surface area (Å²) in [5.74, 6) is 0.934. The average molecular weight is 505 g/mol. The van der Waals surface area contributed by atoms with E-state index in [0.717, 1.165) is 5.57 Å². The summed E-state index contributed by atoms with van der Waals surface area (Å²) in [4.78, 5) is 0. The van der Waals surface area contributed by atoms with Gasteiger partial charge in [-0.3, -0.25) is 0 Å². The molecule has 0 rings (SSSR count). The van der Waals surface area contributed by atoms with E-state index in [4.69, 9.17) is 26.4 Å². The second-order valence-corrected chi connectivity index (χ2v) is 8.56. The highest BCUT2D eigenvalue weighted by Gasteiger charge is 2.31. The molecule has 2 atom stereocenters. The molecule has 0 radical (unpaired) electrons. The van der Waals surface area contributed by atoms with Gasteiger partial charge in [0.2, 0.25) is 0 Å². The lowest BCUT2D eigenvalue weighted by Gasteiger charge is -2.32. The molecule has 0 spiro atoms. The van der Waals surface area contributed by atoms with Crippen LogP contribution in [0.15, 0.2) is 109 Å². The fourth-order valence-corrected chi connectivity index (χ4v) is 3.30. The number of rotatable bonds is 19. The summed E-state index contributed by atoms with van der Waals surface area (Å²) in [5, 5.41) is 1.87. The molecule has 34 heavy (non-hydrogen) atoms. The summed E-state index contributed by atoms with van der Waals surface area (Å²) in [6.07, 6.45) is 19.9. The van der Waals surface area contributed by atoms with Crippen molar-refractivity contribution in [3.05, 3.63) is 109 Å². The van der Waals surface area contributed by atoms with Crippen LogP contribution in [-0.2, 0) is 14.2 Å². The van der Waals surface area contributed by atoms with Crippen molar-refractivity contribution < 1.29 is 18.6 Å². The Kier molecular flexibility index (Phi) is 18.6. The fraction of sp³-hybridized carbons (Fsp3) is 0.321. The lowest BCUT2D eigenvalue weighted by molar-refractivity contribution is -0.0178. The zero-order chi connectivity index (χ0) is 25.7. The summed E-state index contributed by atoms with van der Waals surface area (Å²) < 4.78 is 31.7. The molecule has 0 fully saturated rings. The SMILES string of the molecule is C=C/C(=C\C=C/C)C(C)(COC)OC(=C)\C(=C/C=C/C=C/SC=S)OCCC(C=C)C/C=C/F. The van der Waals surface area contributed by atoms with Crippen molar-refractivity contribution in [2.75, 3.05) is 20.3 Å². The molecule has 0 N–H and O–H groups in total. The van der Waals surface area contributed by atoms with Crippen LogP contribution < -0.4 is 0 Å². The van der Waals surface area contributed by atoms with Crippen LogP contribution in [0.4, 0.5) is 4.39 Å². The van der Waals surface area contributed by atoms with Crippen LogP contribution in [0.5, 0.6) is 0 Å². The largest absolute Gasteiger partial charge is 0.490 e. The van der Waals surface area contributed by atoms with E-state index in [2.05, 4.69) is 19.7 Å². The molecule has 0 amide bonds. The molecule has 0 aromatic rings. The van der Waals surface area contributed by atoms with Crippen LogP contribution in [0.2, 0.25) is 0 Å². The lowest BCUT2D eigenvalue weighted by atomic mass is 9.95. The zero-order valence-electron chi connectivity index (χ0n) is 20.5. The topological polar surface area (TPSA) is 27.7 Å². The van der Waals surface area contributed by atoms with Gasteiger partial charge in [0.1, 0.15) is 0 Å². The Hall–Kier alpha value is -2.41. The summed E-state index contributed by atoms with van der Waals surface area (Å²) in [5.41, 5.74) is 0.0124. The first-order valence-corrected chi connectivity index (χ1v) is 12.3. The standard InChI is InChI=1S/C28H37FO3S2/c1-7-10-16-26(9-3)28(5,22-30-6)32-24(4)27(17-12-11-13-21-34-23-33)31-20-18-25(8-2)15-14-19-29/h7-14,16-17,19,21,23,25H,2-4,15,18,20,22H2,1,5-6H3/b10-7-,12-11+,19-14+,21-13+,26-16+,27-17+. The van der Waals surface area contributed by atoms with Crippen molar-refractivity contribution in [1.82, 2.24) is 0 Å². The van der Waals surface area contributed by atoms with Crippen LogP contribution >= 0.6 is 24.0 Å². The second-order valence-electron chi connectivity index (χ2n) is 7.25. The molecule has 186 valence electrons. The van der Waals surface area contributed by atoms with Crippen molar-refractivity contribution in [3.63, 3.8) is 0 Å². The number of allylic oxidation sites excluding steroid dienone is 9. The van der Waals surface area contributed by atoms with Gasteiger partial charge in [-0.25, -0.2) is 4.39 Å². The van der Waals surface area contributed by atoms with Crippen LogP contribution in [0, 0.1) is 5.92 Å². The molecule has 0 saturated heterocycles. The molecule has 0 saturated carbocycles. The van der Waals surface area contributed by atoms with Gasteiger partial charge in [0.05, 0.1) is 19.5 Å². The first-order valence-electron chi connectivity index (χ1n) is 10.9. The maximum absolute atomic E-state index is 12.4. The average Bonchev–Trinajstić information content (AvgIpc) is 2.82. The third-order valence-corrected chi connectivity index (χ3v) is 5.39. The first-order chi connectivity index (χ1) is 16.4. The van der Waals surface area contributed by atoms with Gasteiger partial charge >= 0.3 is 0 Å². The summed E-state index contributed by atoms with van der Waals surface area (Å²) in [7, 11) is 1.61. The molecule has 0 heterocycles. The summed E-state index contributed by atoms with van der Waals surface area (Å²) in [6, 6.07) is 0. The van der Waals surface area contributed by atoms with E-state index in [1.54, 1.807) is 30.0 Å². The lowest BCUT2D eigenvalue weighted by Crippen LogP contribution is -2.36. The van der Waals surface area contributed by atoms with Crippen LogP contribution in [0.3, 0.4) is 0 Å². The van der Waals surface area contributed by atoms with Gasteiger partial charge in [-0.2, -0.15) is 0 Å². The molecule has 0 aromatic heterocycles. The van der Waals surface area contributed by atoms with Crippen LogP contribution in [0.1, 0.15) is 26.7 Å². The second kappa shape index (κ2) is 20.0. The molecule has 2 unspecified atom stereocenters. The van der Waals surface area contributed by atoms with E-state index in [-0.39, 0.29) is 12.5 Å².